The van der Waals surface area contributed by atoms with Gasteiger partial charge in [0.05, 0.1) is 17.4 Å². The molecule has 5 heteroatoms. The lowest BCUT2D eigenvalue weighted by molar-refractivity contribution is 0.763. The summed E-state index contributed by atoms with van der Waals surface area (Å²) >= 11 is 0. The zero-order valence-electron chi connectivity index (χ0n) is 18.3. The maximum absolute atomic E-state index is 4.40. The number of hydrogen-bond donors (Lipinski definition) is 2. The van der Waals surface area contributed by atoms with Gasteiger partial charge in [-0.05, 0) is 60.2 Å². The van der Waals surface area contributed by atoms with E-state index >= 15 is 0 Å². The number of H-pyrrole nitrogens is 1. The van der Waals surface area contributed by atoms with Crippen LogP contribution in [0.1, 0.15) is 41.2 Å². The molecule has 5 nitrogen and oxygen atoms in total. The summed E-state index contributed by atoms with van der Waals surface area (Å²) in [7, 11) is 0. The van der Waals surface area contributed by atoms with Crippen LogP contribution in [0.5, 0.6) is 0 Å². The smallest absolute Gasteiger partial charge is 0.0802 e. The summed E-state index contributed by atoms with van der Waals surface area (Å²) in [4.78, 5) is 0. The molecule has 0 aliphatic rings. The van der Waals surface area contributed by atoms with Crippen LogP contribution in [0, 0.1) is 11.8 Å². The summed E-state index contributed by atoms with van der Waals surface area (Å²) in [6, 6.07) is 16.4. The molecule has 2 N–H and O–H groups in total. The van der Waals surface area contributed by atoms with E-state index in [9.17, 15) is 0 Å². The number of aromatic amines is 1. The van der Waals surface area contributed by atoms with Crippen LogP contribution >= 0.6 is 0 Å². The summed E-state index contributed by atoms with van der Waals surface area (Å²) in [5.74, 6) is 6.75. The minimum Gasteiger partial charge on any atom is -0.385 e. The molecule has 0 bridgehead atoms. The van der Waals surface area contributed by atoms with Gasteiger partial charge in [0, 0.05) is 36.4 Å². The molecule has 2 aromatic carbocycles. The number of hydrogen-bond acceptors (Lipinski definition) is 3. The second-order valence-corrected chi connectivity index (χ2v) is 7.56. The van der Waals surface area contributed by atoms with Crippen molar-refractivity contribution in [2.24, 2.45) is 0 Å². The summed E-state index contributed by atoms with van der Waals surface area (Å²) < 4.78 is 1.85. The van der Waals surface area contributed by atoms with Gasteiger partial charge in [-0.1, -0.05) is 49.6 Å². The van der Waals surface area contributed by atoms with E-state index in [1.807, 2.05) is 35.4 Å². The molecule has 0 saturated carbocycles. The second-order valence-electron chi connectivity index (χ2n) is 7.56. The predicted molar refractivity (Wildman–Crippen MR) is 129 cm³/mol. The normalized spacial score (nSPS) is 10.4. The van der Waals surface area contributed by atoms with Gasteiger partial charge in [-0.25, -0.2) is 4.68 Å². The Labute approximate surface area is 189 Å². The monoisotopic (exact) mass is 421 g/mol. The molecule has 0 aliphatic carbocycles. The Kier molecular flexibility index (Phi) is 6.84. The molecule has 4 rings (SSSR count). The Bertz CT molecular complexity index is 1220. The minimum atomic E-state index is 0.843. The number of rotatable bonds is 8. The van der Waals surface area contributed by atoms with Gasteiger partial charge < -0.3 is 5.32 Å². The van der Waals surface area contributed by atoms with E-state index in [4.69, 9.17) is 0 Å². The van der Waals surface area contributed by atoms with Crippen molar-refractivity contribution in [3.05, 3.63) is 108 Å². The van der Waals surface area contributed by atoms with Gasteiger partial charge in [0.1, 0.15) is 0 Å². The van der Waals surface area contributed by atoms with Crippen LogP contribution in [0.2, 0.25) is 0 Å². The van der Waals surface area contributed by atoms with Crippen LogP contribution in [0.25, 0.3) is 11.4 Å². The van der Waals surface area contributed by atoms with Gasteiger partial charge in [0.25, 0.3) is 0 Å². The van der Waals surface area contributed by atoms with Crippen molar-refractivity contribution in [1.29, 1.82) is 0 Å². The van der Waals surface area contributed by atoms with E-state index in [1.165, 1.54) is 11.1 Å². The quantitative estimate of drug-likeness (QED) is 0.319. The SMILES string of the molecule is C=C(NCCCc1cn[nH]c1)c1ccc(-n2cccn2)c(C#Cc2ccccc2CC)c1. The van der Waals surface area contributed by atoms with E-state index in [2.05, 4.69) is 82.4 Å². The van der Waals surface area contributed by atoms with Gasteiger partial charge in [-0.15, -0.1) is 0 Å². The first-order chi connectivity index (χ1) is 15.7. The molecule has 0 spiro atoms. The predicted octanol–water partition coefficient (Wildman–Crippen LogP) is 4.75. The fourth-order valence-electron chi connectivity index (χ4n) is 3.57. The average Bonchev–Trinajstić information content (AvgIpc) is 3.55. The topological polar surface area (TPSA) is 58.5 Å². The first-order valence-corrected chi connectivity index (χ1v) is 10.9. The van der Waals surface area contributed by atoms with Crippen molar-refractivity contribution in [3.63, 3.8) is 0 Å². The van der Waals surface area contributed by atoms with Gasteiger partial charge in [-0.3, -0.25) is 5.10 Å². The second kappa shape index (κ2) is 10.3. The molecule has 4 aromatic rings. The molecule has 2 heterocycles. The van der Waals surface area contributed by atoms with Crippen LogP contribution in [0.4, 0.5) is 0 Å². The van der Waals surface area contributed by atoms with Gasteiger partial charge in [0.2, 0.25) is 0 Å². The Morgan fingerprint density at radius 1 is 1.12 bits per heavy atom. The molecule has 0 atom stereocenters. The zero-order valence-corrected chi connectivity index (χ0v) is 18.3. The maximum atomic E-state index is 4.40. The third-order valence-electron chi connectivity index (χ3n) is 5.36. The molecule has 2 aromatic heterocycles. The Morgan fingerprint density at radius 2 is 2.00 bits per heavy atom. The lowest BCUT2D eigenvalue weighted by Crippen LogP contribution is -2.14. The zero-order chi connectivity index (χ0) is 22.2. The van der Waals surface area contributed by atoms with Crippen LogP contribution in [-0.2, 0) is 12.8 Å². The highest BCUT2D eigenvalue weighted by Gasteiger charge is 2.07. The summed E-state index contributed by atoms with van der Waals surface area (Å²) in [5, 5.41) is 14.7. The van der Waals surface area contributed by atoms with E-state index in [1.54, 1.807) is 6.20 Å². The van der Waals surface area contributed by atoms with E-state index < -0.39 is 0 Å². The standard InChI is InChI=1S/C27H27N5/c1-3-23-9-4-5-10-24(23)11-12-26-18-25(13-14-27(26)32-17-7-16-31-32)21(2)28-15-6-8-22-19-29-30-20-22/h4-5,7,9-10,13-14,16-20,28H,2-3,6,8,15H2,1H3,(H,29,30). The molecular formula is C27H27N5. The van der Waals surface area contributed by atoms with Crippen molar-refractivity contribution in [2.75, 3.05) is 6.54 Å². The number of benzene rings is 2. The third-order valence-corrected chi connectivity index (χ3v) is 5.36. The highest BCUT2D eigenvalue weighted by atomic mass is 15.3. The van der Waals surface area contributed by atoms with Gasteiger partial charge >= 0.3 is 0 Å². The molecule has 160 valence electrons. The number of nitrogens with one attached hydrogen (secondary N) is 2. The van der Waals surface area contributed by atoms with Crippen molar-refractivity contribution in [3.8, 4) is 17.5 Å². The van der Waals surface area contributed by atoms with Crippen LogP contribution in [0.3, 0.4) is 0 Å². The molecular weight excluding hydrogens is 394 g/mol. The highest BCUT2D eigenvalue weighted by Crippen LogP contribution is 2.19. The summed E-state index contributed by atoms with van der Waals surface area (Å²) in [6.07, 6.45) is 10.4. The minimum absolute atomic E-state index is 0.843. The first-order valence-electron chi connectivity index (χ1n) is 10.9. The molecule has 0 radical (unpaired) electrons. The molecule has 0 fully saturated rings. The van der Waals surface area contributed by atoms with Gasteiger partial charge in [-0.2, -0.15) is 10.2 Å². The number of aromatic nitrogens is 4. The Hall–Kier alpha value is -4.04. The van der Waals surface area contributed by atoms with Crippen molar-refractivity contribution < 1.29 is 0 Å². The maximum Gasteiger partial charge on any atom is 0.0802 e. The fourth-order valence-corrected chi connectivity index (χ4v) is 3.57. The van der Waals surface area contributed by atoms with Crippen LogP contribution < -0.4 is 5.32 Å². The van der Waals surface area contributed by atoms with E-state index in [0.29, 0.717) is 0 Å². The van der Waals surface area contributed by atoms with E-state index in [0.717, 1.165) is 53.9 Å². The Morgan fingerprint density at radius 3 is 2.78 bits per heavy atom. The summed E-state index contributed by atoms with van der Waals surface area (Å²) in [5.41, 5.74) is 7.30. The molecule has 32 heavy (non-hydrogen) atoms. The van der Waals surface area contributed by atoms with Crippen LogP contribution in [-0.4, -0.2) is 26.5 Å². The highest BCUT2D eigenvalue weighted by molar-refractivity contribution is 5.67. The number of nitrogens with zero attached hydrogens (tertiary/aromatic N) is 3. The fraction of sp³-hybridized carbons (Fsp3) is 0.185. The molecule has 0 unspecified atom stereocenters. The largest absolute Gasteiger partial charge is 0.385 e. The van der Waals surface area contributed by atoms with Crippen LogP contribution in [0.15, 0.2) is 79.9 Å². The Balaban J connectivity index is 1.55. The van der Waals surface area contributed by atoms with Crippen molar-refractivity contribution in [1.82, 2.24) is 25.3 Å². The molecule has 0 aliphatic heterocycles. The van der Waals surface area contributed by atoms with Gasteiger partial charge in [0.15, 0.2) is 0 Å². The van der Waals surface area contributed by atoms with E-state index in [-0.39, 0.29) is 0 Å². The first kappa shape index (κ1) is 21.2. The number of aryl methyl sites for hydroxylation is 2. The lowest BCUT2D eigenvalue weighted by atomic mass is 10.0. The van der Waals surface area contributed by atoms with Crippen molar-refractivity contribution >= 4 is 5.70 Å². The van der Waals surface area contributed by atoms with Crippen molar-refractivity contribution in [2.45, 2.75) is 26.2 Å². The molecule has 0 saturated heterocycles. The average molecular weight is 422 g/mol. The summed E-state index contributed by atoms with van der Waals surface area (Å²) in [6.45, 7) is 7.23. The molecule has 0 amide bonds. The third kappa shape index (κ3) is 5.16. The lowest BCUT2D eigenvalue weighted by Gasteiger charge is -2.12.